The molecule has 2 atom stereocenters. The van der Waals surface area contributed by atoms with Gasteiger partial charge in [-0.25, -0.2) is 0 Å². The molecule has 16 heavy (non-hydrogen) atoms. The highest BCUT2D eigenvalue weighted by Gasteiger charge is 2.33. The summed E-state index contributed by atoms with van der Waals surface area (Å²) in [7, 11) is 0. The SMILES string of the molecule is NC(C1CCC1)C1CCCc2ccccc21. The lowest BCUT2D eigenvalue weighted by molar-refractivity contribution is 0.227. The molecule has 1 saturated carbocycles. The van der Waals surface area contributed by atoms with Gasteiger partial charge in [0.2, 0.25) is 0 Å². The van der Waals surface area contributed by atoms with E-state index in [-0.39, 0.29) is 0 Å². The molecular weight excluding hydrogens is 194 g/mol. The molecule has 2 aliphatic rings. The van der Waals surface area contributed by atoms with E-state index in [1.165, 1.54) is 38.5 Å². The number of benzene rings is 1. The van der Waals surface area contributed by atoms with Crippen molar-refractivity contribution in [3.05, 3.63) is 35.4 Å². The average molecular weight is 215 g/mol. The quantitative estimate of drug-likeness (QED) is 0.805. The Kier molecular flexibility index (Phi) is 2.72. The Balaban J connectivity index is 1.86. The van der Waals surface area contributed by atoms with Crippen molar-refractivity contribution in [3.63, 3.8) is 0 Å². The largest absolute Gasteiger partial charge is 0.327 e. The summed E-state index contributed by atoms with van der Waals surface area (Å²) in [5.41, 5.74) is 9.57. The Morgan fingerprint density at radius 1 is 1.06 bits per heavy atom. The highest BCUT2D eigenvalue weighted by atomic mass is 14.7. The van der Waals surface area contributed by atoms with Crippen molar-refractivity contribution < 1.29 is 0 Å². The van der Waals surface area contributed by atoms with Crippen molar-refractivity contribution in [2.24, 2.45) is 11.7 Å². The maximum Gasteiger partial charge on any atom is 0.0136 e. The molecule has 0 aromatic heterocycles. The summed E-state index contributed by atoms with van der Waals surface area (Å²) < 4.78 is 0. The fourth-order valence-corrected chi connectivity index (χ4v) is 3.34. The van der Waals surface area contributed by atoms with Crippen LogP contribution < -0.4 is 5.73 Å². The lowest BCUT2D eigenvalue weighted by atomic mass is 9.69. The van der Waals surface area contributed by atoms with E-state index >= 15 is 0 Å². The number of rotatable bonds is 2. The predicted molar refractivity (Wildman–Crippen MR) is 67.4 cm³/mol. The minimum absolute atomic E-state index is 0.412. The average Bonchev–Trinajstić information content (AvgIpc) is 2.26. The summed E-state index contributed by atoms with van der Waals surface area (Å²) in [6, 6.07) is 9.34. The summed E-state index contributed by atoms with van der Waals surface area (Å²) in [4.78, 5) is 0. The first-order valence-corrected chi connectivity index (χ1v) is 6.69. The van der Waals surface area contributed by atoms with Gasteiger partial charge < -0.3 is 5.73 Å². The van der Waals surface area contributed by atoms with Crippen LogP contribution in [-0.2, 0) is 6.42 Å². The lowest BCUT2D eigenvalue weighted by Gasteiger charge is -2.39. The summed E-state index contributed by atoms with van der Waals surface area (Å²) >= 11 is 0. The standard InChI is InChI=1S/C15H21N/c16-15(12-7-3-8-12)14-10-4-6-11-5-1-2-9-13(11)14/h1-2,5,9,12,14-15H,3-4,6-8,10,16H2. The zero-order valence-corrected chi connectivity index (χ0v) is 9.86. The van der Waals surface area contributed by atoms with Crippen LogP contribution in [0.4, 0.5) is 0 Å². The zero-order valence-electron chi connectivity index (χ0n) is 9.86. The monoisotopic (exact) mass is 215 g/mol. The van der Waals surface area contributed by atoms with Crippen LogP contribution in [0, 0.1) is 5.92 Å². The molecule has 86 valence electrons. The minimum Gasteiger partial charge on any atom is -0.327 e. The molecule has 0 aliphatic heterocycles. The first-order valence-electron chi connectivity index (χ1n) is 6.69. The molecule has 1 aromatic carbocycles. The molecule has 1 fully saturated rings. The summed E-state index contributed by atoms with van der Waals surface area (Å²) in [5, 5.41) is 0. The predicted octanol–water partition coefficient (Wildman–Crippen LogP) is 3.23. The second-order valence-corrected chi connectivity index (χ2v) is 5.47. The third-order valence-electron chi connectivity index (χ3n) is 4.57. The summed E-state index contributed by atoms with van der Waals surface area (Å²) in [5.74, 6) is 1.44. The Hall–Kier alpha value is -0.820. The number of fused-ring (bicyclic) bond motifs is 1. The van der Waals surface area contributed by atoms with E-state index in [0.717, 1.165) is 5.92 Å². The van der Waals surface area contributed by atoms with Gasteiger partial charge in [0, 0.05) is 6.04 Å². The van der Waals surface area contributed by atoms with Gasteiger partial charge in [0.05, 0.1) is 0 Å². The van der Waals surface area contributed by atoms with Crippen LogP contribution in [-0.4, -0.2) is 6.04 Å². The molecule has 1 aromatic rings. The van der Waals surface area contributed by atoms with Gasteiger partial charge in [0.1, 0.15) is 0 Å². The summed E-state index contributed by atoms with van der Waals surface area (Å²) in [6.45, 7) is 0. The molecule has 0 heterocycles. The maximum absolute atomic E-state index is 6.47. The molecule has 3 rings (SSSR count). The van der Waals surface area contributed by atoms with Gasteiger partial charge in [-0.2, -0.15) is 0 Å². The van der Waals surface area contributed by atoms with Crippen molar-refractivity contribution in [2.75, 3.05) is 0 Å². The fraction of sp³-hybridized carbons (Fsp3) is 0.600. The van der Waals surface area contributed by atoms with Crippen molar-refractivity contribution >= 4 is 0 Å². The molecule has 0 radical (unpaired) electrons. The molecule has 0 saturated heterocycles. The van der Waals surface area contributed by atoms with Crippen molar-refractivity contribution in [1.29, 1.82) is 0 Å². The first-order chi connectivity index (χ1) is 7.86. The lowest BCUT2D eigenvalue weighted by Crippen LogP contribution is -2.40. The molecule has 1 heteroatoms. The minimum atomic E-state index is 0.412. The maximum atomic E-state index is 6.47. The molecular formula is C15H21N. The van der Waals surface area contributed by atoms with E-state index in [1.807, 2.05) is 0 Å². The van der Waals surface area contributed by atoms with Gasteiger partial charge in [-0.3, -0.25) is 0 Å². The second-order valence-electron chi connectivity index (χ2n) is 5.47. The molecule has 0 spiro atoms. The molecule has 2 aliphatic carbocycles. The molecule has 2 unspecified atom stereocenters. The van der Waals surface area contributed by atoms with E-state index in [9.17, 15) is 0 Å². The van der Waals surface area contributed by atoms with Crippen LogP contribution in [0.1, 0.15) is 49.1 Å². The van der Waals surface area contributed by atoms with Crippen LogP contribution in [0.25, 0.3) is 0 Å². The highest BCUT2D eigenvalue weighted by molar-refractivity contribution is 5.33. The second kappa shape index (κ2) is 4.21. The smallest absolute Gasteiger partial charge is 0.0136 e. The molecule has 2 N–H and O–H groups in total. The molecule has 1 nitrogen and oxygen atoms in total. The van der Waals surface area contributed by atoms with Crippen LogP contribution in [0.3, 0.4) is 0 Å². The number of aryl methyl sites for hydroxylation is 1. The normalized spacial score (nSPS) is 26.9. The Labute approximate surface area is 98.0 Å². The van der Waals surface area contributed by atoms with E-state index < -0.39 is 0 Å². The van der Waals surface area contributed by atoms with Crippen LogP contribution in [0.15, 0.2) is 24.3 Å². The van der Waals surface area contributed by atoms with Gasteiger partial charge in [-0.15, -0.1) is 0 Å². The Morgan fingerprint density at radius 3 is 2.62 bits per heavy atom. The van der Waals surface area contributed by atoms with E-state index in [2.05, 4.69) is 24.3 Å². The van der Waals surface area contributed by atoms with Crippen LogP contribution in [0.5, 0.6) is 0 Å². The zero-order chi connectivity index (χ0) is 11.0. The van der Waals surface area contributed by atoms with Crippen molar-refractivity contribution in [2.45, 2.75) is 50.5 Å². The van der Waals surface area contributed by atoms with Crippen LogP contribution in [0.2, 0.25) is 0 Å². The highest BCUT2D eigenvalue weighted by Crippen LogP contribution is 2.40. The molecule has 0 bridgehead atoms. The van der Waals surface area contributed by atoms with E-state index in [1.54, 1.807) is 11.1 Å². The molecule has 0 amide bonds. The van der Waals surface area contributed by atoms with Gasteiger partial charge in [0.15, 0.2) is 0 Å². The van der Waals surface area contributed by atoms with Crippen molar-refractivity contribution in [1.82, 2.24) is 0 Å². The van der Waals surface area contributed by atoms with Gasteiger partial charge >= 0.3 is 0 Å². The van der Waals surface area contributed by atoms with Crippen LogP contribution >= 0.6 is 0 Å². The Bertz CT molecular complexity index is 367. The number of hydrogen-bond donors (Lipinski definition) is 1. The Morgan fingerprint density at radius 2 is 1.88 bits per heavy atom. The van der Waals surface area contributed by atoms with Crippen molar-refractivity contribution in [3.8, 4) is 0 Å². The number of hydrogen-bond acceptors (Lipinski definition) is 1. The fourth-order valence-electron chi connectivity index (χ4n) is 3.34. The van der Waals surface area contributed by atoms with E-state index in [4.69, 9.17) is 5.73 Å². The number of nitrogens with two attached hydrogens (primary N) is 1. The third kappa shape index (κ3) is 1.67. The summed E-state index contributed by atoms with van der Waals surface area (Å²) in [6.07, 6.45) is 7.99. The topological polar surface area (TPSA) is 26.0 Å². The van der Waals surface area contributed by atoms with Gasteiger partial charge in [-0.05, 0) is 55.1 Å². The van der Waals surface area contributed by atoms with Gasteiger partial charge in [-0.1, -0.05) is 30.7 Å². The van der Waals surface area contributed by atoms with E-state index in [0.29, 0.717) is 12.0 Å². The van der Waals surface area contributed by atoms with Gasteiger partial charge in [0.25, 0.3) is 0 Å². The third-order valence-corrected chi connectivity index (χ3v) is 4.57. The first kappa shape index (κ1) is 10.3.